The molecule has 0 amide bonds. The fourth-order valence-electron chi connectivity index (χ4n) is 2.08. The van der Waals surface area contributed by atoms with Crippen molar-refractivity contribution in [1.82, 2.24) is 0 Å². The van der Waals surface area contributed by atoms with E-state index < -0.39 is 17.9 Å². The van der Waals surface area contributed by atoms with Crippen molar-refractivity contribution in [3.63, 3.8) is 0 Å². The van der Waals surface area contributed by atoms with E-state index in [9.17, 15) is 4.79 Å². The van der Waals surface area contributed by atoms with E-state index in [-0.39, 0.29) is 11.8 Å². The summed E-state index contributed by atoms with van der Waals surface area (Å²) in [6, 6.07) is 0. The summed E-state index contributed by atoms with van der Waals surface area (Å²) in [5.41, 5.74) is 5.54. The van der Waals surface area contributed by atoms with Crippen LogP contribution in [0.15, 0.2) is 0 Å². The van der Waals surface area contributed by atoms with E-state index in [4.69, 9.17) is 30.6 Å². The zero-order valence-electron chi connectivity index (χ0n) is 10.1. The van der Waals surface area contributed by atoms with Crippen molar-refractivity contribution >= 4 is 17.9 Å². The molecule has 0 aliphatic heterocycles. The van der Waals surface area contributed by atoms with Crippen molar-refractivity contribution in [2.45, 2.75) is 38.5 Å². The van der Waals surface area contributed by atoms with Gasteiger partial charge < -0.3 is 21.1 Å². The molecular weight excluding hydrogens is 242 g/mol. The minimum Gasteiger partial charge on any atom is -0.481 e. The van der Waals surface area contributed by atoms with Crippen LogP contribution in [-0.4, -0.2) is 39.8 Å². The molecule has 104 valence electrons. The van der Waals surface area contributed by atoms with Gasteiger partial charge >= 0.3 is 17.9 Å². The summed E-state index contributed by atoms with van der Waals surface area (Å²) in [5, 5.41) is 23.5. The summed E-state index contributed by atoms with van der Waals surface area (Å²) in [6.45, 7) is 0.527. The summed E-state index contributed by atoms with van der Waals surface area (Å²) >= 11 is 0. The van der Waals surface area contributed by atoms with Gasteiger partial charge in [-0.05, 0) is 24.8 Å². The van der Waals surface area contributed by atoms with Crippen LogP contribution in [0.1, 0.15) is 38.5 Å². The molecule has 7 nitrogen and oxygen atoms in total. The minimum atomic E-state index is -1.82. The van der Waals surface area contributed by atoms with E-state index in [2.05, 4.69) is 0 Å². The van der Waals surface area contributed by atoms with Crippen molar-refractivity contribution in [3.05, 3.63) is 0 Å². The van der Waals surface area contributed by atoms with E-state index in [0.717, 1.165) is 25.7 Å². The topological polar surface area (TPSA) is 138 Å². The predicted octanol–water partition coefficient (Wildman–Crippen LogP) is 0.526. The van der Waals surface area contributed by atoms with E-state index in [1.807, 2.05) is 0 Å². The number of carboxylic acids is 3. The number of hydrogen-bond acceptors (Lipinski definition) is 4. The Balaban J connectivity index is 0.000000411. The molecule has 0 atom stereocenters. The minimum absolute atomic E-state index is 0.0793. The quantitative estimate of drug-likeness (QED) is 0.543. The normalized spacial score (nSPS) is 17.2. The molecule has 0 aromatic carbocycles. The lowest BCUT2D eigenvalue weighted by Gasteiger charge is -2.34. The molecule has 0 aromatic rings. The van der Waals surface area contributed by atoms with Gasteiger partial charge in [0.05, 0.1) is 6.42 Å². The van der Waals surface area contributed by atoms with Crippen LogP contribution in [0.25, 0.3) is 0 Å². The second-order valence-corrected chi connectivity index (χ2v) is 4.45. The molecule has 1 aliphatic carbocycles. The average molecular weight is 261 g/mol. The molecule has 5 N–H and O–H groups in total. The maximum atomic E-state index is 10.6. The van der Waals surface area contributed by atoms with E-state index in [1.54, 1.807) is 0 Å². The highest BCUT2D eigenvalue weighted by molar-refractivity contribution is 6.27. The maximum absolute atomic E-state index is 10.6. The van der Waals surface area contributed by atoms with Crippen LogP contribution >= 0.6 is 0 Å². The summed E-state index contributed by atoms with van der Waals surface area (Å²) < 4.78 is 0. The Kier molecular flexibility index (Phi) is 6.96. The van der Waals surface area contributed by atoms with Crippen molar-refractivity contribution in [1.29, 1.82) is 0 Å². The van der Waals surface area contributed by atoms with Gasteiger partial charge in [-0.1, -0.05) is 19.3 Å². The first-order valence-electron chi connectivity index (χ1n) is 5.71. The number of aliphatic carboxylic acids is 3. The monoisotopic (exact) mass is 261 g/mol. The largest absolute Gasteiger partial charge is 0.481 e. The molecular formula is C11H19NO6. The van der Waals surface area contributed by atoms with Gasteiger partial charge in [0.25, 0.3) is 0 Å². The lowest BCUT2D eigenvalue weighted by molar-refractivity contribution is -0.159. The molecule has 1 fully saturated rings. The van der Waals surface area contributed by atoms with Crippen molar-refractivity contribution in [3.8, 4) is 0 Å². The van der Waals surface area contributed by atoms with Gasteiger partial charge in [-0.2, -0.15) is 0 Å². The van der Waals surface area contributed by atoms with Gasteiger partial charge in [-0.15, -0.1) is 0 Å². The highest BCUT2D eigenvalue weighted by Crippen LogP contribution is 2.38. The second-order valence-electron chi connectivity index (χ2n) is 4.45. The smallest absolute Gasteiger partial charge is 0.414 e. The molecule has 0 radical (unpaired) electrons. The predicted molar refractivity (Wildman–Crippen MR) is 62.1 cm³/mol. The Morgan fingerprint density at radius 1 is 0.944 bits per heavy atom. The molecule has 18 heavy (non-hydrogen) atoms. The standard InChI is InChI=1S/C9H17NO2.C2H2O4/c10-7-9(6-8(11)12)4-2-1-3-5-9;3-1(4)2(5)6/h1-7,10H2,(H,11,12);(H,3,4)(H,5,6). The molecule has 1 rings (SSSR count). The highest BCUT2D eigenvalue weighted by atomic mass is 16.4. The zero-order chi connectivity index (χ0) is 14.2. The number of hydrogen-bond donors (Lipinski definition) is 4. The van der Waals surface area contributed by atoms with E-state index in [0.29, 0.717) is 6.54 Å². The SMILES string of the molecule is NCC1(CC(=O)O)CCCCC1.O=C(O)C(=O)O. The Morgan fingerprint density at radius 2 is 1.39 bits per heavy atom. The number of carbonyl (C=O) groups is 3. The van der Waals surface area contributed by atoms with Gasteiger partial charge in [-0.25, -0.2) is 9.59 Å². The third kappa shape index (κ3) is 6.19. The van der Waals surface area contributed by atoms with E-state index >= 15 is 0 Å². The molecule has 0 saturated heterocycles. The van der Waals surface area contributed by atoms with Crippen LogP contribution in [0.3, 0.4) is 0 Å². The molecule has 0 spiro atoms. The summed E-state index contributed by atoms with van der Waals surface area (Å²) in [4.78, 5) is 28.8. The Bertz CT molecular complexity index is 297. The summed E-state index contributed by atoms with van der Waals surface area (Å²) in [7, 11) is 0. The molecule has 1 aliphatic rings. The van der Waals surface area contributed by atoms with Crippen LogP contribution in [0.2, 0.25) is 0 Å². The number of rotatable bonds is 3. The zero-order valence-corrected chi connectivity index (χ0v) is 10.1. The Hall–Kier alpha value is -1.63. The van der Waals surface area contributed by atoms with Crippen LogP contribution < -0.4 is 5.73 Å². The summed E-state index contributed by atoms with van der Waals surface area (Å²) in [6.07, 6.45) is 5.77. The molecule has 1 saturated carbocycles. The van der Waals surface area contributed by atoms with Crippen molar-refractivity contribution in [2.75, 3.05) is 6.54 Å². The van der Waals surface area contributed by atoms with Crippen molar-refractivity contribution < 1.29 is 29.7 Å². The molecule has 0 unspecified atom stereocenters. The molecule has 0 bridgehead atoms. The first-order valence-corrected chi connectivity index (χ1v) is 5.71. The van der Waals surface area contributed by atoms with Gasteiger partial charge in [0.2, 0.25) is 0 Å². The first kappa shape index (κ1) is 16.4. The maximum Gasteiger partial charge on any atom is 0.414 e. The lowest BCUT2D eigenvalue weighted by atomic mass is 9.72. The first-order chi connectivity index (χ1) is 8.33. The third-order valence-corrected chi connectivity index (χ3v) is 3.06. The fraction of sp³-hybridized carbons (Fsp3) is 0.727. The Labute approximate surface area is 105 Å². The number of nitrogens with two attached hydrogens (primary N) is 1. The van der Waals surface area contributed by atoms with Crippen LogP contribution in [0.4, 0.5) is 0 Å². The lowest BCUT2D eigenvalue weighted by Crippen LogP contribution is -2.34. The highest BCUT2D eigenvalue weighted by Gasteiger charge is 2.32. The van der Waals surface area contributed by atoms with Gasteiger partial charge in [0.1, 0.15) is 0 Å². The van der Waals surface area contributed by atoms with Crippen molar-refractivity contribution in [2.24, 2.45) is 11.1 Å². The second kappa shape index (κ2) is 7.65. The Morgan fingerprint density at radius 3 is 1.67 bits per heavy atom. The van der Waals surface area contributed by atoms with Crippen LogP contribution in [0, 0.1) is 5.41 Å². The average Bonchev–Trinajstić information content (AvgIpc) is 2.30. The number of carboxylic acid groups (broad SMARTS) is 3. The molecule has 7 heteroatoms. The summed E-state index contributed by atoms with van der Waals surface area (Å²) in [5.74, 6) is -4.35. The third-order valence-electron chi connectivity index (χ3n) is 3.06. The van der Waals surface area contributed by atoms with Gasteiger partial charge in [0.15, 0.2) is 0 Å². The van der Waals surface area contributed by atoms with Gasteiger partial charge in [-0.3, -0.25) is 4.79 Å². The van der Waals surface area contributed by atoms with Crippen LogP contribution in [-0.2, 0) is 14.4 Å². The molecule has 0 heterocycles. The van der Waals surface area contributed by atoms with E-state index in [1.165, 1.54) is 6.42 Å². The van der Waals surface area contributed by atoms with Crippen LogP contribution in [0.5, 0.6) is 0 Å². The van der Waals surface area contributed by atoms with Gasteiger partial charge in [0, 0.05) is 0 Å². The fourth-order valence-corrected chi connectivity index (χ4v) is 2.08. The molecule has 0 aromatic heterocycles.